The first-order chi connectivity index (χ1) is 6.91. The molecular weight excluding hydrogens is 197 g/mol. The number of hydrogen-bond donors (Lipinski definition) is 2. The molecule has 0 fully saturated rings. The van der Waals surface area contributed by atoms with Crippen molar-refractivity contribution in [3.8, 4) is 0 Å². The molecule has 3 nitrogen and oxygen atoms in total. The summed E-state index contributed by atoms with van der Waals surface area (Å²) in [7, 11) is 0. The van der Waals surface area contributed by atoms with Crippen LogP contribution in [0.25, 0.3) is 0 Å². The molecule has 0 aliphatic carbocycles. The second-order valence-corrected chi connectivity index (χ2v) is 3.67. The number of aryl methyl sites for hydroxylation is 2. The molecule has 1 aromatic rings. The van der Waals surface area contributed by atoms with Crippen LogP contribution < -0.4 is 5.73 Å². The smallest absolute Gasteiger partial charge is 0.320 e. The molecule has 4 heteroatoms. The molecule has 1 aromatic carbocycles. The van der Waals surface area contributed by atoms with Gasteiger partial charge in [0.15, 0.2) is 0 Å². The van der Waals surface area contributed by atoms with Crippen LogP contribution in [0.2, 0.25) is 0 Å². The first kappa shape index (κ1) is 11.7. The molecule has 1 unspecified atom stereocenters. The molecule has 0 aliphatic rings. The predicted octanol–water partition coefficient (Wildman–Crippen LogP) is 1.40. The first-order valence-corrected chi connectivity index (χ1v) is 4.66. The number of hydrogen-bond acceptors (Lipinski definition) is 2. The van der Waals surface area contributed by atoms with Gasteiger partial charge in [0.05, 0.1) is 0 Å². The molecule has 3 N–H and O–H groups in total. The molecule has 15 heavy (non-hydrogen) atoms. The Labute approximate surface area is 87.7 Å². The molecule has 0 saturated heterocycles. The van der Waals surface area contributed by atoms with Gasteiger partial charge in [0.25, 0.3) is 0 Å². The van der Waals surface area contributed by atoms with E-state index in [-0.39, 0.29) is 12.2 Å². The standard InChI is InChI=1S/C11H14FNO2/c1-6-3-8(12)4-7(2)9(6)5-10(13)11(14)15/h3-4,10H,5,13H2,1-2H3,(H,14,15). The molecule has 0 spiro atoms. The van der Waals surface area contributed by atoms with E-state index in [2.05, 4.69) is 0 Å². The van der Waals surface area contributed by atoms with Crippen molar-refractivity contribution in [1.82, 2.24) is 0 Å². The summed E-state index contributed by atoms with van der Waals surface area (Å²) in [6, 6.07) is 1.83. The summed E-state index contributed by atoms with van der Waals surface area (Å²) >= 11 is 0. The monoisotopic (exact) mass is 211 g/mol. The van der Waals surface area contributed by atoms with Crippen molar-refractivity contribution in [2.75, 3.05) is 0 Å². The van der Waals surface area contributed by atoms with Crippen molar-refractivity contribution in [2.24, 2.45) is 5.73 Å². The van der Waals surface area contributed by atoms with Crippen molar-refractivity contribution >= 4 is 5.97 Å². The lowest BCUT2D eigenvalue weighted by molar-refractivity contribution is -0.138. The third-order valence-electron chi connectivity index (χ3n) is 2.40. The quantitative estimate of drug-likeness (QED) is 0.794. The third kappa shape index (κ3) is 2.76. The highest BCUT2D eigenvalue weighted by Crippen LogP contribution is 2.17. The zero-order chi connectivity index (χ0) is 11.6. The van der Waals surface area contributed by atoms with Gasteiger partial charge in [0, 0.05) is 0 Å². The number of benzene rings is 1. The lowest BCUT2D eigenvalue weighted by Crippen LogP contribution is -2.32. The van der Waals surface area contributed by atoms with Crippen LogP contribution >= 0.6 is 0 Å². The largest absolute Gasteiger partial charge is 0.480 e. The van der Waals surface area contributed by atoms with E-state index in [1.165, 1.54) is 12.1 Å². The normalized spacial score (nSPS) is 12.5. The second-order valence-electron chi connectivity index (χ2n) is 3.67. The van der Waals surface area contributed by atoms with Crippen molar-refractivity contribution in [2.45, 2.75) is 26.3 Å². The topological polar surface area (TPSA) is 63.3 Å². The molecule has 0 aliphatic heterocycles. The Kier molecular flexibility index (Phi) is 3.42. The van der Waals surface area contributed by atoms with Crippen molar-refractivity contribution < 1.29 is 14.3 Å². The van der Waals surface area contributed by atoms with E-state index in [9.17, 15) is 9.18 Å². The highest BCUT2D eigenvalue weighted by molar-refractivity contribution is 5.73. The van der Waals surface area contributed by atoms with Gasteiger partial charge in [-0.05, 0) is 49.1 Å². The Balaban J connectivity index is 3.00. The van der Waals surface area contributed by atoms with Crippen LogP contribution in [0.15, 0.2) is 12.1 Å². The van der Waals surface area contributed by atoms with E-state index in [1.807, 2.05) is 0 Å². The zero-order valence-electron chi connectivity index (χ0n) is 8.75. The Morgan fingerprint density at radius 3 is 2.33 bits per heavy atom. The van der Waals surface area contributed by atoms with Gasteiger partial charge in [-0.1, -0.05) is 0 Å². The number of carboxylic acid groups (broad SMARTS) is 1. The van der Waals surface area contributed by atoms with Gasteiger partial charge in [-0.15, -0.1) is 0 Å². The van der Waals surface area contributed by atoms with Crippen LogP contribution in [0.4, 0.5) is 4.39 Å². The van der Waals surface area contributed by atoms with Crippen LogP contribution in [-0.4, -0.2) is 17.1 Å². The second kappa shape index (κ2) is 4.40. The zero-order valence-corrected chi connectivity index (χ0v) is 8.75. The summed E-state index contributed by atoms with van der Waals surface area (Å²) in [6.45, 7) is 3.50. The van der Waals surface area contributed by atoms with Gasteiger partial charge in [-0.3, -0.25) is 4.79 Å². The van der Waals surface area contributed by atoms with Crippen LogP contribution in [0.3, 0.4) is 0 Å². The fraction of sp³-hybridized carbons (Fsp3) is 0.364. The maximum Gasteiger partial charge on any atom is 0.320 e. The Morgan fingerprint density at radius 2 is 1.93 bits per heavy atom. The third-order valence-corrected chi connectivity index (χ3v) is 2.40. The van der Waals surface area contributed by atoms with E-state index in [0.29, 0.717) is 0 Å². The van der Waals surface area contributed by atoms with Crippen LogP contribution in [0, 0.1) is 19.7 Å². The minimum atomic E-state index is -1.04. The van der Waals surface area contributed by atoms with Crippen molar-refractivity contribution in [3.63, 3.8) is 0 Å². The fourth-order valence-electron chi connectivity index (χ4n) is 1.57. The van der Waals surface area contributed by atoms with E-state index in [0.717, 1.165) is 16.7 Å². The van der Waals surface area contributed by atoms with Gasteiger partial charge >= 0.3 is 5.97 Å². The minimum Gasteiger partial charge on any atom is -0.480 e. The first-order valence-electron chi connectivity index (χ1n) is 4.66. The Hall–Kier alpha value is -1.42. The van der Waals surface area contributed by atoms with Gasteiger partial charge in [-0.2, -0.15) is 0 Å². The summed E-state index contributed by atoms with van der Waals surface area (Å²) in [4.78, 5) is 10.6. The molecular formula is C11H14FNO2. The van der Waals surface area contributed by atoms with Gasteiger partial charge in [-0.25, -0.2) is 4.39 Å². The van der Waals surface area contributed by atoms with Gasteiger partial charge in [0.2, 0.25) is 0 Å². The molecule has 82 valence electrons. The van der Waals surface area contributed by atoms with E-state index >= 15 is 0 Å². The highest BCUT2D eigenvalue weighted by atomic mass is 19.1. The van der Waals surface area contributed by atoms with Crippen LogP contribution in [0.1, 0.15) is 16.7 Å². The molecule has 0 bridgehead atoms. The van der Waals surface area contributed by atoms with Crippen molar-refractivity contribution in [1.29, 1.82) is 0 Å². The van der Waals surface area contributed by atoms with E-state index in [4.69, 9.17) is 10.8 Å². The van der Waals surface area contributed by atoms with E-state index < -0.39 is 12.0 Å². The SMILES string of the molecule is Cc1cc(F)cc(C)c1CC(N)C(=O)O. The number of aliphatic carboxylic acids is 1. The fourth-order valence-corrected chi connectivity index (χ4v) is 1.57. The minimum absolute atomic E-state index is 0.229. The molecule has 0 saturated carbocycles. The number of halogens is 1. The van der Waals surface area contributed by atoms with Crippen molar-refractivity contribution in [3.05, 3.63) is 34.6 Å². The van der Waals surface area contributed by atoms with Gasteiger partial charge in [0.1, 0.15) is 11.9 Å². The summed E-state index contributed by atoms with van der Waals surface area (Å²) in [6.07, 6.45) is 0.229. The molecule has 0 heterocycles. The van der Waals surface area contributed by atoms with Gasteiger partial charge < -0.3 is 10.8 Å². The maximum absolute atomic E-state index is 13.0. The summed E-state index contributed by atoms with van der Waals surface area (Å²) in [5.41, 5.74) is 7.72. The summed E-state index contributed by atoms with van der Waals surface area (Å²) in [5, 5.41) is 8.68. The Bertz CT molecular complexity index is 367. The average molecular weight is 211 g/mol. The lowest BCUT2D eigenvalue weighted by atomic mass is 9.96. The maximum atomic E-state index is 13.0. The number of nitrogens with two attached hydrogens (primary N) is 1. The summed E-state index contributed by atoms with van der Waals surface area (Å²) in [5.74, 6) is -1.35. The Morgan fingerprint density at radius 1 is 1.47 bits per heavy atom. The van der Waals surface area contributed by atoms with Crippen LogP contribution in [0.5, 0.6) is 0 Å². The lowest BCUT2D eigenvalue weighted by Gasteiger charge is -2.12. The van der Waals surface area contributed by atoms with E-state index in [1.54, 1.807) is 13.8 Å². The summed E-state index contributed by atoms with van der Waals surface area (Å²) < 4.78 is 13.0. The molecule has 0 aromatic heterocycles. The number of carboxylic acids is 1. The average Bonchev–Trinajstić information content (AvgIpc) is 2.10. The molecule has 1 atom stereocenters. The number of rotatable bonds is 3. The molecule has 1 rings (SSSR count). The highest BCUT2D eigenvalue weighted by Gasteiger charge is 2.15. The van der Waals surface area contributed by atoms with Crippen LogP contribution in [-0.2, 0) is 11.2 Å². The predicted molar refractivity (Wildman–Crippen MR) is 55.2 cm³/mol. The molecule has 0 radical (unpaired) electrons. The number of carbonyl (C=O) groups is 1. The molecule has 0 amide bonds.